The number of thiazole rings is 1. The maximum atomic E-state index is 13.7. The second-order valence-electron chi connectivity index (χ2n) is 6.20. The molecule has 1 aromatic heterocycles. The topological polar surface area (TPSA) is 114 Å². The van der Waals surface area contributed by atoms with Gasteiger partial charge < -0.3 is 4.74 Å². The van der Waals surface area contributed by atoms with E-state index in [0.717, 1.165) is 11.6 Å². The molecule has 31 heavy (non-hydrogen) atoms. The number of nitrogens with one attached hydrogen (secondary N) is 2. The monoisotopic (exact) mass is 473 g/mol. The van der Waals surface area contributed by atoms with E-state index in [9.17, 15) is 31.2 Å². The lowest BCUT2D eigenvalue weighted by molar-refractivity contribution is -0.146. The number of hydrogen-bond acceptors (Lipinski definition) is 7. The Morgan fingerprint density at radius 3 is 2.48 bits per heavy atom. The van der Waals surface area contributed by atoms with E-state index < -0.39 is 58.0 Å². The Morgan fingerprint density at radius 1 is 1.13 bits per heavy atom. The second-order valence-corrected chi connectivity index (χ2v) is 9.00. The molecule has 0 saturated heterocycles. The second kappa shape index (κ2) is 8.99. The van der Waals surface area contributed by atoms with Crippen molar-refractivity contribution in [3.8, 4) is 0 Å². The number of aryl methyl sites for hydroxylation is 1. The van der Waals surface area contributed by atoms with Crippen LogP contribution in [0.2, 0.25) is 0 Å². The summed E-state index contributed by atoms with van der Waals surface area (Å²) in [6, 6.07) is 6.66. The number of fused-ring (bicyclic) bond motifs is 1. The number of esters is 1. The number of anilines is 1. The van der Waals surface area contributed by atoms with Gasteiger partial charge in [-0.05, 0) is 25.1 Å². The molecule has 0 saturated carbocycles. The van der Waals surface area contributed by atoms with Gasteiger partial charge in [0.15, 0.2) is 29.2 Å². The third-order valence-electron chi connectivity index (χ3n) is 3.87. The lowest BCUT2D eigenvalue weighted by Crippen LogP contribution is -2.32. The zero-order valence-corrected chi connectivity index (χ0v) is 17.4. The Bertz CT molecular complexity index is 1260. The summed E-state index contributed by atoms with van der Waals surface area (Å²) >= 11 is 0.687. The van der Waals surface area contributed by atoms with Crippen molar-refractivity contribution in [2.75, 3.05) is 18.5 Å². The van der Waals surface area contributed by atoms with Gasteiger partial charge in [-0.25, -0.2) is 26.6 Å². The highest BCUT2D eigenvalue weighted by Gasteiger charge is 2.19. The normalized spacial score (nSPS) is 11.5. The zero-order valence-electron chi connectivity index (χ0n) is 15.7. The number of ether oxygens (including phenoxy) is 1. The minimum absolute atomic E-state index is 0.0331. The number of benzene rings is 2. The fourth-order valence-electron chi connectivity index (χ4n) is 2.33. The predicted molar refractivity (Wildman–Crippen MR) is 105 cm³/mol. The van der Waals surface area contributed by atoms with Gasteiger partial charge in [0, 0.05) is 0 Å². The fourth-order valence-corrected chi connectivity index (χ4v) is 4.21. The molecule has 0 unspecified atom stereocenters. The summed E-state index contributed by atoms with van der Waals surface area (Å²) in [4.78, 5) is 27.2. The molecule has 0 aliphatic heterocycles. The van der Waals surface area contributed by atoms with E-state index in [1.807, 2.05) is 4.72 Å². The first-order valence-electron chi connectivity index (χ1n) is 8.52. The van der Waals surface area contributed by atoms with E-state index in [4.69, 9.17) is 0 Å². The molecule has 3 aromatic rings. The van der Waals surface area contributed by atoms with E-state index in [2.05, 4.69) is 15.0 Å². The number of sulfonamides is 1. The number of hydrogen-bond donors (Lipinski definition) is 2. The summed E-state index contributed by atoms with van der Waals surface area (Å²) in [5.74, 6) is -6.45. The number of carbonyl (C=O) groups excluding carboxylic acids is 2. The summed E-state index contributed by atoms with van der Waals surface area (Å²) in [5.41, 5.74) is 0.400. The molecule has 1 amide bonds. The SMILES string of the molecule is Cc1ccc(S(=O)(=O)NCC(=O)OCC(=O)Nc2nc3c(F)c(F)c(F)cc3s2)cc1. The molecular weight excluding hydrogens is 459 g/mol. The Hall–Kier alpha value is -3.03. The Labute approximate surface area is 178 Å². The van der Waals surface area contributed by atoms with Crippen molar-refractivity contribution in [3.63, 3.8) is 0 Å². The molecule has 0 aliphatic carbocycles. The molecule has 164 valence electrons. The van der Waals surface area contributed by atoms with E-state index >= 15 is 0 Å². The quantitative estimate of drug-likeness (QED) is 0.403. The Morgan fingerprint density at radius 2 is 1.81 bits per heavy atom. The van der Waals surface area contributed by atoms with Gasteiger partial charge >= 0.3 is 5.97 Å². The van der Waals surface area contributed by atoms with E-state index in [-0.39, 0.29) is 14.7 Å². The number of rotatable bonds is 7. The fraction of sp³-hybridized carbons (Fsp3) is 0.167. The lowest BCUT2D eigenvalue weighted by Gasteiger charge is -2.07. The maximum absolute atomic E-state index is 13.7. The number of amides is 1. The van der Waals surface area contributed by atoms with E-state index in [1.165, 1.54) is 12.1 Å². The molecule has 0 spiro atoms. The zero-order chi connectivity index (χ0) is 22.8. The van der Waals surface area contributed by atoms with Crippen molar-refractivity contribution >= 4 is 48.6 Å². The molecule has 13 heteroatoms. The molecule has 0 fully saturated rings. The molecule has 8 nitrogen and oxygen atoms in total. The van der Waals surface area contributed by atoms with Crippen LogP contribution in [0.1, 0.15) is 5.56 Å². The average molecular weight is 473 g/mol. The molecule has 1 heterocycles. The third-order valence-corrected chi connectivity index (χ3v) is 6.20. The molecule has 0 radical (unpaired) electrons. The standard InChI is InChI=1S/C18H14F3N3O5S2/c1-9-2-4-10(5-3-9)31(27,28)22-7-14(26)29-8-13(25)23-18-24-17-12(30-18)6-11(19)15(20)16(17)21/h2-6,22H,7-8H2,1H3,(H,23,24,25). The molecule has 2 aromatic carbocycles. The van der Waals surface area contributed by atoms with Crippen LogP contribution in [0.4, 0.5) is 18.3 Å². The molecule has 2 N–H and O–H groups in total. The number of nitrogens with zero attached hydrogens (tertiary/aromatic N) is 1. The third kappa shape index (κ3) is 5.37. The molecule has 0 atom stereocenters. The van der Waals surface area contributed by atoms with Gasteiger partial charge in [-0.15, -0.1) is 0 Å². The van der Waals surface area contributed by atoms with E-state index in [0.29, 0.717) is 11.3 Å². The smallest absolute Gasteiger partial charge is 0.321 e. The van der Waals surface area contributed by atoms with Gasteiger partial charge in [0.1, 0.15) is 12.1 Å². The van der Waals surface area contributed by atoms with Crippen molar-refractivity contribution in [1.29, 1.82) is 0 Å². The van der Waals surface area contributed by atoms with Crippen LogP contribution < -0.4 is 10.0 Å². The summed E-state index contributed by atoms with van der Waals surface area (Å²) in [5, 5.41) is 2.03. The van der Waals surface area contributed by atoms with Crippen LogP contribution in [0.5, 0.6) is 0 Å². The Kier molecular flexibility index (Phi) is 6.57. The van der Waals surface area contributed by atoms with E-state index in [1.54, 1.807) is 19.1 Å². The molecule has 3 rings (SSSR count). The first-order valence-corrected chi connectivity index (χ1v) is 10.8. The molecular formula is C18H14F3N3O5S2. The highest BCUT2D eigenvalue weighted by Crippen LogP contribution is 2.30. The average Bonchev–Trinajstić information content (AvgIpc) is 3.11. The van der Waals surface area contributed by atoms with Gasteiger partial charge in [0.2, 0.25) is 10.0 Å². The highest BCUT2D eigenvalue weighted by molar-refractivity contribution is 7.89. The highest BCUT2D eigenvalue weighted by atomic mass is 32.2. The van der Waals surface area contributed by atoms with Crippen LogP contribution in [0.3, 0.4) is 0 Å². The van der Waals surface area contributed by atoms with Crippen molar-refractivity contribution in [2.24, 2.45) is 0 Å². The summed E-state index contributed by atoms with van der Waals surface area (Å²) in [7, 11) is -3.94. The van der Waals surface area contributed by atoms with Crippen molar-refractivity contribution < 1.29 is 35.9 Å². The minimum Gasteiger partial charge on any atom is -0.455 e. The Balaban J connectivity index is 1.52. The van der Waals surface area contributed by atoms with Gasteiger partial charge in [-0.3, -0.25) is 14.9 Å². The number of halogens is 3. The predicted octanol–water partition coefficient (Wildman–Crippen LogP) is 2.48. The minimum atomic E-state index is -3.94. The van der Waals surface area contributed by atoms with Crippen LogP contribution in [0.15, 0.2) is 35.2 Å². The van der Waals surface area contributed by atoms with Crippen LogP contribution in [0, 0.1) is 24.4 Å². The first-order chi connectivity index (χ1) is 14.6. The molecule has 0 bridgehead atoms. The summed E-state index contributed by atoms with van der Waals surface area (Å²) in [6.07, 6.45) is 0. The lowest BCUT2D eigenvalue weighted by atomic mass is 10.2. The van der Waals surface area contributed by atoms with Gasteiger partial charge in [0.25, 0.3) is 5.91 Å². The first kappa shape index (κ1) is 22.7. The van der Waals surface area contributed by atoms with Crippen molar-refractivity contribution in [3.05, 3.63) is 53.3 Å². The number of carbonyl (C=O) groups is 2. The van der Waals surface area contributed by atoms with Gasteiger partial charge in [-0.1, -0.05) is 29.0 Å². The summed E-state index contributed by atoms with van der Waals surface area (Å²) < 4.78 is 71.0. The van der Waals surface area contributed by atoms with Crippen LogP contribution in [-0.4, -0.2) is 38.4 Å². The van der Waals surface area contributed by atoms with Crippen LogP contribution >= 0.6 is 11.3 Å². The van der Waals surface area contributed by atoms with Crippen LogP contribution in [0.25, 0.3) is 10.2 Å². The molecule has 0 aliphatic rings. The summed E-state index contributed by atoms with van der Waals surface area (Å²) in [6.45, 7) is 0.286. The van der Waals surface area contributed by atoms with Gasteiger partial charge in [-0.2, -0.15) is 4.72 Å². The maximum Gasteiger partial charge on any atom is 0.321 e. The number of aromatic nitrogens is 1. The van der Waals surface area contributed by atoms with Crippen molar-refractivity contribution in [2.45, 2.75) is 11.8 Å². The van der Waals surface area contributed by atoms with Gasteiger partial charge in [0.05, 0.1) is 9.60 Å². The van der Waals surface area contributed by atoms with Crippen molar-refractivity contribution in [1.82, 2.24) is 9.71 Å². The largest absolute Gasteiger partial charge is 0.455 e. The van der Waals surface area contributed by atoms with Crippen LogP contribution in [-0.2, 0) is 24.3 Å².